The second-order valence-electron chi connectivity index (χ2n) is 8.77. The molecule has 1 amide bonds. The number of benzene rings is 1. The standard InChI is InChI=1S/C23H30Cl2N4O2/c1-14-19(15(2)29(27-14)18-5-6-20(24)21(25)11-18)12-23(30)28-8-3-4-16(13-28)22-10-17(26)7-9-31-22/h5-6,11,16-17,22H,3-4,7-10,12-13,26H2,1-2H3. The van der Waals surface area contributed by atoms with Gasteiger partial charge in [0, 0.05) is 42.9 Å². The molecular formula is C23H30Cl2N4O2. The first-order valence-electron chi connectivity index (χ1n) is 11.0. The molecule has 0 saturated carbocycles. The molecule has 3 heterocycles. The molecule has 0 bridgehead atoms. The summed E-state index contributed by atoms with van der Waals surface area (Å²) >= 11 is 12.2. The monoisotopic (exact) mass is 464 g/mol. The summed E-state index contributed by atoms with van der Waals surface area (Å²) in [4.78, 5) is 15.2. The summed E-state index contributed by atoms with van der Waals surface area (Å²) in [6.45, 7) is 6.20. The van der Waals surface area contributed by atoms with Crippen molar-refractivity contribution in [2.45, 2.75) is 58.1 Å². The Labute approximate surface area is 193 Å². The highest BCUT2D eigenvalue weighted by Crippen LogP contribution is 2.29. The summed E-state index contributed by atoms with van der Waals surface area (Å²) in [5, 5.41) is 5.64. The van der Waals surface area contributed by atoms with Gasteiger partial charge in [0.2, 0.25) is 5.91 Å². The molecule has 1 aromatic heterocycles. The fourth-order valence-corrected chi connectivity index (χ4v) is 5.08. The third kappa shape index (κ3) is 4.92. The molecule has 2 saturated heterocycles. The highest BCUT2D eigenvalue weighted by Gasteiger charge is 2.33. The van der Waals surface area contributed by atoms with Crippen LogP contribution in [0, 0.1) is 19.8 Å². The first kappa shape index (κ1) is 22.6. The second-order valence-corrected chi connectivity index (χ2v) is 9.59. The molecule has 2 aromatic rings. The van der Waals surface area contributed by atoms with Crippen LogP contribution in [0.5, 0.6) is 0 Å². The summed E-state index contributed by atoms with van der Waals surface area (Å²) < 4.78 is 7.82. The van der Waals surface area contributed by atoms with Crippen LogP contribution in [0.3, 0.4) is 0 Å². The normalized spacial score (nSPS) is 24.4. The smallest absolute Gasteiger partial charge is 0.227 e. The van der Waals surface area contributed by atoms with Crippen LogP contribution < -0.4 is 5.73 Å². The minimum atomic E-state index is 0.143. The van der Waals surface area contributed by atoms with Gasteiger partial charge < -0.3 is 15.4 Å². The lowest BCUT2D eigenvalue weighted by Gasteiger charge is -2.39. The van der Waals surface area contributed by atoms with Crippen molar-refractivity contribution in [1.82, 2.24) is 14.7 Å². The number of hydrogen-bond acceptors (Lipinski definition) is 4. The number of likely N-dealkylation sites (tertiary alicyclic amines) is 1. The number of piperidine rings is 1. The molecule has 31 heavy (non-hydrogen) atoms. The maximum atomic E-state index is 13.2. The fourth-order valence-electron chi connectivity index (χ4n) is 4.79. The number of amides is 1. The highest BCUT2D eigenvalue weighted by atomic mass is 35.5. The zero-order valence-corrected chi connectivity index (χ0v) is 19.6. The van der Waals surface area contributed by atoms with Crippen LogP contribution in [0.25, 0.3) is 5.69 Å². The molecule has 168 valence electrons. The van der Waals surface area contributed by atoms with E-state index in [0.717, 1.165) is 68.0 Å². The van der Waals surface area contributed by atoms with Crippen LogP contribution in [0.2, 0.25) is 10.0 Å². The zero-order valence-electron chi connectivity index (χ0n) is 18.1. The van der Waals surface area contributed by atoms with Crippen LogP contribution in [0.1, 0.15) is 42.6 Å². The quantitative estimate of drug-likeness (QED) is 0.739. The summed E-state index contributed by atoms with van der Waals surface area (Å²) in [5.74, 6) is 0.509. The Balaban J connectivity index is 1.47. The van der Waals surface area contributed by atoms with Crippen molar-refractivity contribution in [3.05, 3.63) is 45.2 Å². The number of ether oxygens (including phenoxy) is 1. The summed E-state index contributed by atoms with van der Waals surface area (Å²) in [7, 11) is 0. The number of carbonyl (C=O) groups is 1. The maximum absolute atomic E-state index is 13.2. The predicted octanol–water partition coefficient (Wildman–Crippen LogP) is 4.08. The lowest BCUT2D eigenvalue weighted by atomic mass is 9.87. The highest BCUT2D eigenvalue weighted by molar-refractivity contribution is 6.42. The molecule has 2 N–H and O–H groups in total. The van der Waals surface area contributed by atoms with Crippen LogP contribution in [-0.2, 0) is 16.0 Å². The van der Waals surface area contributed by atoms with Gasteiger partial charge in [-0.3, -0.25) is 4.79 Å². The van der Waals surface area contributed by atoms with Crippen molar-refractivity contribution in [1.29, 1.82) is 0 Å². The molecule has 0 spiro atoms. The van der Waals surface area contributed by atoms with E-state index in [0.29, 0.717) is 22.4 Å². The van der Waals surface area contributed by atoms with E-state index < -0.39 is 0 Å². The van der Waals surface area contributed by atoms with E-state index in [1.54, 1.807) is 12.1 Å². The van der Waals surface area contributed by atoms with E-state index in [1.165, 1.54) is 0 Å². The Morgan fingerprint density at radius 3 is 2.81 bits per heavy atom. The van der Waals surface area contributed by atoms with E-state index in [1.807, 2.05) is 29.5 Å². The van der Waals surface area contributed by atoms with Crippen LogP contribution >= 0.6 is 23.2 Å². The summed E-state index contributed by atoms with van der Waals surface area (Å²) in [6.07, 6.45) is 4.42. The third-order valence-corrected chi connectivity index (χ3v) is 7.35. The number of carbonyl (C=O) groups excluding carboxylic acids is 1. The molecule has 6 nitrogen and oxygen atoms in total. The number of nitrogens with zero attached hydrogens (tertiary/aromatic N) is 3. The van der Waals surface area contributed by atoms with E-state index in [9.17, 15) is 4.79 Å². The minimum absolute atomic E-state index is 0.143. The maximum Gasteiger partial charge on any atom is 0.227 e. The molecule has 2 fully saturated rings. The lowest BCUT2D eigenvalue weighted by Crippen LogP contribution is -2.47. The Hall–Kier alpha value is -1.60. The second kappa shape index (κ2) is 9.49. The van der Waals surface area contributed by atoms with Gasteiger partial charge in [-0.05, 0) is 57.7 Å². The molecule has 2 aliphatic rings. The third-order valence-electron chi connectivity index (χ3n) is 6.61. The van der Waals surface area contributed by atoms with Crippen molar-refractivity contribution < 1.29 is 9.53 Å². The van der Waals surface area contributed by atoms with E-state index >= 15 is 0 Å². The van der Waals surface area contributed by atoms with Crippen molar-refractivity contribution >= 4 is 29.1 Å². The van der Waals surface area contributed by atoms with Gasteiger partial charge in [0.1, 0.15) is 0 Å². The van der Waals surface area contributed by atoms with Crippen molar-refractivity contribution in [3.63, 3.8) is 0 Å². The van der Waals surface area contributed by atoms with Gasteiger partial charge in [-0.25, -0.2) is 4.68 Å². The van der Waals surface area contributed by atoms with Gasteiger partial charge in [-0.1, -0.05) is 23.2 Å². The SMILES string of the molecule is Cc1nn(-c2ccc(Cl)c(Cl)c2)c(C)c1CC(=O)N1CCCC(C2CC(N)CCO2)C1. The van der Waals surface area contributed by atoms with E-state index in [-0.39, 0.29) is 18.1 Å². The summed E-state index contributed by atoms with van der Waals surface area (Å²) in [6, 6.07) is 5.64. The molecule has 4 rings (SSSR count). The molecule has 0 radical (unpaired) electrons. The van der Waals surface area contributed by atoms with Gasteiger partial charge in [-0.15, -0.1) is 0 Å². The predicted molar refractivity (Wildman–Crippen MR) is 123 cm³/mol. The van der Waals surface area contributed by atoms with Gasteiger partial charge in [0.05, 0.1) is 34.0 Å². The van der Waals surface area contributed by atoms with Crippen molar-refractivity contribution in [2.24, 2.45) is 11.7 Å². The Bertz CT molecular complexity index is 961. The summed E-state index contributed by atoms with van der Waals surface area (Å²) in [5.41, 5.74) is 9.74. The Morgan fingerprint density at radius 2 is 2.06 bits per heavy atom. The number of aryl methyl sites for hydroxylation is 1. The first-order valence-corrected chi connectivity index (χ1v) is 11.7. The van der Waals surface area contributed by atoms with Crippen molar-refractivity contribution in [2.75, 3.05) is 19.7 Å². The average molecular weight is 465 g/mol. The molecule has 2 aliphatic heterocycles. The largest absolute Gasteiger partial charge is 0.378 e. The number of halogens is 2. The lowest BCUT2D eigenvalue weighted by molar-refractivity contribution is -0.134. The van der Waals surface area contributed by atoms with Gasteiger partial charge in [0.25, 0.3) is 0 Å². The van der Waals surface area contributed by atoms with Crippen LogP contribution in [-0.4, -0.2) is 52.4 Å². The molecule has 1 aromatic carbocycles. The number of hydrogen-bond donors (Lipinski definition) is 1. The molecule has 3 atom stereocenters. The zero-order chi connectivity index (χ0) is 22.1. The van der Waals surface area contributed by atoms with Gasteiger partial charge in [-0.2, -0.15) is 5.10 Å². The molecule has 8 heteroatoms. The van der Waals surface area contributed by atoms with Gasteiger partial charge in [0.15, 0.2) is 0 Å². The molecule has 3 unspecified atom stereocenters. The van der Waals surface area contributed by atoms with Crippen molar-refractivity contribution in [3.8, 4) is 5.69 Å². The molecular weight excluding hydrogens is 435 g/mol. The van der Waals surface area contributed by atoms with E-state index in [2.05, 4.69) is 5.10 Å². The minimum Gasteiger partial charge on any atom is -0.378 e. The fraction of sp³-hybridized carbons (Fsp3) is 0.565. The Morgan fingerprint density at radius 1 is 1.26 bits per heavy atom. The molecule has 0 aliphatic carbocycles. The van der Waals surface area contributed by atoms with E-state index in [4.69, 9.17) is 33.7 Å². The van der Waals surface area contributed by atoms with Gasteiger partial charge >= 0.3 is 0 Å². The number of nitrogens with two attached hydrogens (primary N) is 1. The van der Waals surface area contributed by atoms with Crippen LogP contribution in [0.15, 0.2) is 18.2 Å². The number of aromatic nitrogens is 2. The first-order chi connectivity index (χ1) is 14.8. The average Bonchev–Trinajstić information content (AvgIpc) is 3.04. The Kier molecular flexibility index (Phi) is 6.92. The topological polar surface area (TPSA) is 73.4 Å². The van der Waals surface area contributed by atoms with Crippen LogP contribution in [0.4, 0.5) is 0 Å². The number of rotatable bonds is 4.